The molecular formula is C11H15NO5S. The van der Waals surface area contributed by atoms with Gasteiger partial charge in [0.05, 0.1) is 0 Å². The molecule has 1 aromatic rings. The van der Waals surface area contributed by atoms with Crippen LogP contribution < -0.4 is 0 Å². The van der Waals surface area contributed by atoms with Crippen LogP contribution in [0.2, 0.25) is 0 Å². The lowest BCUT2D eigenvalue weighted by Crippen LogP contribution is -2.14. The lowest BCUT2D eigenvalue weighted by Gasteiger charge is -2.01. The Hall–Kier alpha value is -1.73. The molecule has 6 nitrogen and oxygen atoms in total. The Labute approximate surface area is 106 Å². The molecule has 1 aromatic heterocycles. The van der Waals surface area contributed by atoms with Gasteiger partial charge in [-0.2, -0.15) is 8.42 Å². The average molecular weight is 273 g/mol. The van der Waals surface area contributed by atoms with Crippen LogP contribution in [0.3, 0.4) is 0 Å². The van der Waals surface area contributed by atoms with E-state index in [0.717, 1.165) is 0 Å². The van der Waals surface area contributed by atoms with Gasteiger partial charge in [0, 0.05) is 18.0 Å². The zero-order chi connectivity index (χ0) is 14.0. The molecule has 0 aliphatic heterocycles. The average Bonchev–Trinajstić information content (AvgIpc) is 2.30. The molecule has 0 spiro atoms. The van der Waals surface area contributed by atoms with Crippen molar-refractivity contribution in [2.75, 3.05) is 12.4 Å². The van der Waals surface area contributed by atoms with Crippen molar-refractivity contribution in [3.63, 3.8) is 0 Å². The molecule has 0 radical (unpaired) electrons. The van der Waals surface area contributed by atoms with E-state index in [2.05, 4.69) is 16.3 Å². The normalized spacial score (nSPS) is 9.89. The number of carbonyl (C=O) groups excluding carboxylic acids is 1. The molecule has 0 saturated heterocycles. The van der Waals surface area contributed by atoms with Crippen molar-refractivity contribution in [1.29, 1.82) is 0 Å². The highest BCUT2D eigenvalue weighted by atomic mass is 32.2. The number of ether oxygens (including phenoxy) is 1. The largest absolute Gasteiger partial charge is 0.461 e. The molecule has 1 rings (SSSR count). The van der Waals surface area contributed by atoms with E-state index in [1.165, 1.54) is 6.92 Å². The smallest absolute Gasteiger partial charge is 0.333 e. The molecule has 0 amide bonds. The second-order valence-corrected chi connectivity index (χ2v) is 4.80. The van der Waals surface area contributed by atoms with Gasteiger partial charge in [0.25, 0.3) is 10.1 Å². The van der Waals surface area contributed by atoms with Gasteiger partial charge >= 0.3 is 5.97 Å². The van der Waals surface area contributed by atoms with Crippen LogP contribution in [0.25, 0.3) is 0 Å². The number of pyridine rings is 1. The minimum atomic E-state index is -4.05. The summed E-state index contributed by atoms with van der Waals surface area (Å²) in [5, 5.41) is 0. The summed E-state index contributed by atoms with van der Waals surface area (Å²) >= 11 is 0. The molecule has 1 heterocycles. The van der Waals surface area contributed by atoms with Crippen molar-refractivity contribution >= 4 is 16.1 Å². The molecule has 0 bridgehead atoms. The molecule has 0 atom stereocenters. The maximum absolute atomic E-state index is 10.6. The van der Waals surface area contributed by atoms with Crippen molar-refractivity contribution in [2.24, 2.45) is 0 Å². The topological polar surface area (TPSA) is 93.6 Å². The molecule has 0 aliphatic rings. The van der Waals surface area contributed by atoms with Gasteiger partial charge in [-0.25, -0.2) is 4.79 Å². The summed E-state index contributed by atoms with van der Waals surface area (Å²) in [4.78, 5) is 14.4. The highest BCUT2D eigenvalue weighted by Gasteiger charge is 2.07. The first-order valence-corrected chi connectivity index (χ1v) is 6.56. The summed E-state index contributed by atoms with van der Waals surface area (Å²) < 4.78 is 32.9. The van der Waals surface area contributed by atoms with Crippen molar-refractivity contribution in [1.82, 2.24) is 4.98 Å². The highest BCUT2D eigenvalue weighted by Crippen LogP contribution is 1.92. The third-order valence-electron chi connectivity index (χ3n) is 1.49. The van der Waals surface area contributed by atoms with Crippen LogP contribution in [-0.2, 0) is 19.6 Å². The van der Waals surface area contributed by atoms with E-state index in [4.69, 9.17) is 4.55 Å². The van der Waals surface area contributed by atoms with Crippen LogP contribution in [0.5, 0.6) is 0 Å². The van der Waals surface area contributed by atoms with Crippen LogP contribution in [0, 0.1) is 0 Å². The van der Waals surface area contributed by atoms with E-state index in [9.17, 15) is 13.2 Å². The molecule has 18 heavy (non-hydrogen) atoms. The second-order valence-electron chi connectivity index (χ2n) is 3.23. The van der Waals surface area contributed by atoms with E-state index in [-0.39, 0.29) is 12.2 Å². The Morgan fingerprint density at radius 1 is 1.33 bits per heavy atom. The number of rotatable bonds is 4. The number of hydrogen-bond acceptors (Lipinski definition) is 5. The first-order chi connectivity index (χ1) is 8.33. The Balaban J connectivity index is 0.000000397. The maximum atomic E-state index is 10.6. The van der Waals surface area contributed by atoms with Gasteiger partial charge in [0.15, 0.2) is 0 Å². The SMILES string of the molecule is C=C(C)C(=O)OCCS(=O)(=O)O.c1ccncc1. The number of aromatic nitrogens is 1. The quantitative estimate of drug-likeness (QED) is 0.501. The Morgan fingerprint density at radius 3 is 2.17 bits per heavy atom. The summed E-state index contributed by atoms with van der Waals surface area (Å²) in [6.07, 6.45) is 3.50. The minimum Gasteiger partial charge on any atom is -0.461 e. The van der Waals surface area contributed by atoms with Crippen LogP contribution >= 0.6 is 0 Å². The van der Waals surface area contributed by atoms with Gasteiger partial charge in [-0.15, -0.1) is 0 Å². The van der Waals surface area contributed by atoms with Crippen molar-refractivity contribution < 1.29 is 22.5 Å². The fourth-order valence-electron chi connectivity index (χ4n) is 0.675. The molecule has 0 saturated carbocycles. The monoisotopic (exact) mass is 273 g/mol. The fourth-order valence-corrected chi connectivity index (χ4v) is 0.969. The predicted molar refractivity (Wildman–Crippen MR) is 66.4 cm³/mol. The highest BCUT2D eigenvalue weighted by molar-refractivity contribution is 7.85. The van der Waals surface area contributed by atoms with Crippen molar-refractivity contribution in [3.05, 3.63) is 42.7 Å². The lowest BCUT2D eigenvalue weighted by molar-refractivity contribution is -0.138. The number of carbonyl (C=O) groups is 1. The van der Waals surface area contributed by atoms with Gasteiger partial charge in [-0.3, -0.25) is 9.54 Å². The standard InChI is InChI=1S/C6H10O5S.C5H5N/c1-5(2)6(7)11-3-4-12(8,9)10;1-2-4-6-5-3-1/h1,3-4H2,2H3,(H,8,9,10);1-5H. The third-order valence-corrected chi connectivity index (χ3v) is 2.17. The molecule has 0 aliphatic carbocycles. The van der Waals surface area contributed by atoms with Gasteiger partial charge in [-0.1, -0.05) is 12.6 Å². The molecule has 1 N–H and O–H groups in total. The van der Waals surface area contributed by atoms with Crippen LogP contribution in [0.4, 0.5) is 0 Å². The Kier molecular flexibility index (Phi) is 7.57. The molecular weight excluding hydrogens is 258 g/mol. The Bertz CT molecular complexity index is 443. The minimum absolute atomic E-state index is 0.185. The number of esters is 1. The zero-order valence-electron chi connectivity index (χ0n) is 9.94. The summed E-state index contributed by atoms with van der Waals surface area (Å²) in [6, 6.07) is 5.72. The summed E-state index contributed by atoms with van der Waals surface area (Å²) in [5.41, 5.74) is 0.185. The van der Waals surface area contributed by atoms with E-state index in [0.29, 0.717) is 0 Å². The Morgan fingerprint density at radius 2 is 1.89 bits per heavy atom. The molecule has 7 heteroatoms. The van der Waals surface area contributed by atoms with Gasteiger partial charge in [0.1, 0.15) is 12.4 Å². The van der Waals surface area contributed by atoms with Gasteiger partial charge < -0.3 is 4.74 Å². The van der Waals surface area contributed by atoms with Gasteiger partial charge in [0.2, 0.25) is 0 Å². The second kappa shape index (κ2) is 8.37. The van der Waals surface area contributed by atoms with E-state index in [1.807, 2.05) is 18.2 Å². The first-order valence-electron chi connectivity index (χ1n) is 4.95. The third kappa shape index (κ3) is 10.8. The maximum Gasteiger partial charge on any atom is 0.333 e. The lowest BCUT2D eigenvalue weighted by atomic mass is 10.4. The fraction of sp³-hybridized carbons (Fsp3) is 0.273. The summed E-state index contributed by atoms with van der Waals surface area (Å²) in [7, 11) is -4.05. The molecule has 0 aromatic carbocycles. The number of nitrogens with zero attached hydrogens (tertiary/aromatic N) is 1. The molecule has 0 fully saturated rings. The van der Waals surface area contributed by atoms with E-state index >= 15 is 0 Å². The zero-order valence-corrected chi connectivity index (χ0v) is 10.8. The summed E-state index contributed by atoms with van der Waals surface area (Å²) in [5.74, 6) is -1.26. The van der Waals surface area contributed by atoms with Crippen LogP contribution in [0.1, 0.15) is 6.92 Å². The van der Waals surface area contributed by atoms with E-state index < -0.39 is 21.8 Å². The number of hydrogen-bond donors (Lipinski definition) is 1. The molecule has 0 unspecified atom stereocenters. The first kappa shape index (κ1) is 16.3. The molecule has 100 valence electrons. The van der Waals surface area contributed by atoms with Crippen LogP contribution in [-0.4, -0.2) is 36.3 Å². The summed E-state index contributed by atoms with van der Waals surface area (Å²) in [6.45, 7) is 4.37. The van der Waals surface area contributed by atoms with Crippen LogP contribution in [0.15, 0.2) is 42.7 Å². The van der Waals surface area contributed by atoms with Crippen molar-refractivity contribution in [3.8, 4) is 0 Å². The van der Waals surface area contributed by atoms with Gasteiger partial charge in [-0.05, 0) is 19.1 Å². The van der Waals surface area contributed by atoms with E-state index in [1.54, 1.807) is 12.4 Å². The predicted octanol–water partition coefficient (Wildman–Crippen LogP) is 1.08. The van der Waals surface area contributed by atoms with Crippen molar-refractivity contribution in [2.45, 2.75) is 6.92 Å².